The molecule has 0 saturated heterocycles. The van der Waals surface area contributed by atoms with Gasteiger partial charge in [0.15, 0.2) is 0 Å². The normalized spacial score (nSPS) is 10.7. The van der Waals surface area contributed by atoms with Crippen molar-refractivity contribution >= 4 is 23.0 Å². The number of carbonyl (C=O) groups is 1. The first kappa shape index (κ1) is 20.0. The average molecular weight is 377 g/mol. The number of halogens is 3. The molecule has 4 N–H and O–H groups in total. The van der Waals surface area contributed by atoms with E-state index in [2.05, 4.69) is 21.3 Å². The molecule has 2 rings (SSSR count). The minimum Gasteiger partial charge on any atom is -0.406 e. The van der Waals surface area contributed by atoms with E-state index in [4.69, 9.17) is 12.2 Å². The van der Waals surface area contributed by atoms with Crippen molar-refractivity contribution in [3.8, 4) is 18.1 Å². The Labute approximate surface area is 154 Å². The van der Waals surface area contributed by atoms with E-state index in [1.165, 1.54) is 24.3 Å². The molecule has 0 unspecified atom stereocenters. The van der Waals surface area contributed by atoms with E-state index in [1.807, 2.05) is 0 Å². The zero-order valence-electron chi connectivity index (χ0n) is 14.3. The molecule has 1 amide bonds. The van der Waals surface area contributed by atoms with E-state index in [-0.39, 0.29) is 18.1 Å². The van der Waals surface area contributed by atoms with Crippen molar-refractivity contribution in [2.24, 2.45) is 0 Å². The number of ether oxygens (including phenoxy) is 1. The SMILES string of the molecule is C#CCCC(=O)Nc1ccc(NCc2ccc(OC(F)(F)F)cc2)cc1N. The molecule has 0 radical (unpaired) electrons. The number of anilines is 3. The molecule has 0 aliphatic carbocycles. The smallest absolute Gasteiger partial charge is 0.406 e. The summed E-state index contributed by atoms with van der Waals surface area (Å²) in [5, 5.41) is 5.78. The third-order valence-corrected chi connectivity index (χ3v) is 3.48. The Morgan fingerprint density at radius 3 is 2.48 bits per heavy atom. The number of carbonyl (C=O) groups excluding carboxylic acids is 1. The lowest BCUT2D eigenvalue weighted by molar-refractivity contribution is -0.274. The monoisotopic (exact) mass is 377 g/mol. The summed E-state index contributed by atoms with van der Waals surface area (Å²) in [4.78, 5) is 11.7. The summed E-state index contributed by atoms with van der Waals surface area (Å²) >= 11 is 0. The Hall–Kier alpha value is -3.34. The number of alkyl halides is 3. The third-order valence-electron chi connectivity index (χ3n) is 3.48. The summed E-state index contributed by atoms with van der Waals surface area (Å²) in [6.07, 6.45) is 0.961. The number of hydrogen-bond acceptors (Lipinski definition) is 4. The van der Waals surface area contributed by atoms with E-state index in [9.17, 15) is 18.0 Å². The highest BCUT2D eigenvalue weighted by atomic mass is 19.4. The lowest BCUT2D eigenvalue weighted by Crippen LogP contribution is -2.17. The molecule has 0 aromatic heterocycles. The fourth-order valence-corrected chi connectivity index (χ4v) is 2.20. The van der Waals surface area contributed by atoms with Crippen LogP contribution in [0.4, 0.5) is 30.2 Å². The molecule has 27 heavy (non-hydrogen) atoms. The number of hydrogen-bond donors (Lipinski definition) is 3. The van der Waals surface area contributed by atoms with Gasteiger partial charge in [0.05, 0.1) is 11.4 Å². The van der Waals surface area contributed by atoms with Gasteiger partial charge < -0.3 is 21.1 Å². The summed E-state index contributed by atoms with van der Waals surface area (Å²) in [5.74, 6) is 1.89. The molecule has 0 heterocycles. The summed E-state index contributed by atoms with van der Waals surface area (Å²) in [6, 6.07) is 10.6. The third kappa shape index (κ3) is 6.82. The average Bonchev–Trinajstić information content (AvgIpc) is 2.60. The first-order chi connectivity index (χ1) is 12.8. The van der Waals surface area contributed by atoms with Crippen LogP contribution in [0.25, 0.3) is 0 Å². The van der Waals surface area contributed by atoms with Crippen LogP contribution in [-0.2, 0) is 11.3 Å². The zero-order valence-corrected chi connectivity index (χ0v) is 14.3. The molecule has 2 aromatic carbocycles. The van der Waals surface area contributed by atoms with Gasteiger partial charge in [0, 0.05) is 25.1 Å². The van der Waals surface area contributed by atoms with Gasteiger partial charge in [-0.2, -0.15) is 0 Å². The second-order valence-corrected chi connectivity index (χ2v) is 5.60. The van der Waals surface area contributed by atoms with Crippen molar-refractivity contribution in [1.29, 1.82) is 0 Å². The van der Waals surface area contributed by atoms with Crippen molar-refractivity contribution in [2.75, 3.05) is 16.4 Å². The van der Waals surface area contributed by atoms with Gasteiger partial charge in [-0.1, -0.05) is 12.1 Å². The van der Waals surface area contributed by atoms with Crippen molar-refractivity contribution < 1.29 is 22.7 Å². The van der Waals surface area contributed by atoms with Gasteiger partial charge >= 0.3 is 6.36 Å². The van der Waals surface area contributed by atoms with Crippen molar-refractivity contribution in [3.63, 3.8) is 0 Å². The Balaban J connectivity index is 1.91. The highest BCUT2D eigenvalue weighted by molar-refractivity contribution is 5.94. The lowest BCUT2D eigenvalue weighted by atomic mass is 10.2. The van der Waals surface area contributed by atoms with Crippen LogP contribution >= 0.6 is 0 Å². The Morgan fingerprint density at radius 1 is 1.19 bits per heavy atom. The van der Waals surface area contributed by atoms with Crippen molar-refractivity contribution in [1.82, 2.24) is 0 Å². The first-order valence-electron chi connectivity index (χ1n) is 7.98. The number of nitrogens with two attached hydrogens (primary N) is 1. The molecule has 0 fully saturated rings. The van der Waals surface area contributed by atoms with Crippen molar-refractivity contribution in [2.45, 2.75) is 25.7 Å². The number of nitrogens with one attached hydrogen (secondary N) is 2. The van der Waals surface area contributed by atoms with E-state index in [0.717, 1.165) is 5.56 Å². The zero-order chi connectivity index (χ0) is 19.9. The van der Waals surface area contributed by atoms with Gasteiger partial charge in [-0.15, -0.1) is 25.5 Å². The van der Waals surface area contributed by atoms with Crippen molar-refractivity contribution in [3.05, 3.63) is 48.0 Å². The van der Waals surface area contributed by atoms with Crippen LogP contribution in [0.3, 0.4) is 0 Å². The van der Waals surface area contributed by atoms with Crippen LogP contribution < -0.4 is 21.1 Å². The predicted octanol–water partition coefficient (Wildman–Crippen LogP) is 4.13. The van der Waals surface area contributed by atoms with Crippen LogP contribution in [0.1, 0.15) is 18.4 Å². The summed E-state index contributed by atoms with van der Waals surface area (Å²) < 4.78 is 40.2. The second kappa shape index (κ2) is 8.85. The number of benzene rings is 2. The minimum absolute atomic E-state index is 0.212. The number of amides is 1. The molecule has 0 atom stereocenters. The predicted molar refractivity (Wildman–Crippen MR) is 98.0 cm³/mol. The van der Waals surface area contributed by atoms with Crippen LogP contribution in [0.15, 0.2) is 42.5 Å². The molecule has 5 nitrogen and oxygen atoms in total. The number of nitrogen functional groups attached to an aromatic ring is 1. The fraction of sp³-hybridized carbons (Fsp3) is 0.211. The second-order valence-electron chi connectivity index (χ2n) is 5.60. The number of rotatable bonds is 7. The molecule has 0 saturated carbocycles. The summed E-state index contributed by atoms with van der Waals surface area (Å²) in [5.41, 5.74) is 8.25. The van der Waals surface area contributed by atoms with Gasteiger partial charge in [0.2, 0.25) is 5.91 Å². The highest BCUT2D eigenvalue weighted by Gasteiger charge is 2.30. The standard InChI is InChI=1S/C19H18F3N3O2/c1-2-3-4-18(26)25-17-10-7-14(11-16(17)23)24-12-13-5-8-15(9-6-13)27-19(20,21)22/h1,5-11,24H,3-4,12,23H2,(H,25,26). The largest absolute Gasteiger partial charge is 0.573 e. The maximum absolute atomic E-state index is 12.1. The van der Waals surface area contributed by atoms with Crippen LogP contribution in [0, 0.1) is 12.3 Å². The van der Waals surface area contributed by atoms with E-state index < -0.39 is 6.36 Å². The highest BCUT2D eigenvalue weighted by Crippen LogP contribution is 2.25. The lowest BCUT2D eigenvalue weighted by Gasteiger charge is -2.12. The molecule has 8 heteroatoms. The maximum Gasteiger partial charge on any atom is 0.573 e. The van der Waals surface area contributed by atoms with Gasteiger partial charge in [0.25, 0.3) is 0 Å². The molecule has 0 spiro atoms. The minimum atomic E-state index is -4.71. The van der Waals surface area contributed by atoms with Crippen LogP contribution in [0.5, 0.6) is 5.75 Å². The van der Waals surface area contributed by atoms with Gasteiger partial charge in [-0.05, 0) is 35.9 Å². The summed E-state index contributed by atoms with van der Waals surface area (Å²) in [7, 11) is 0. The molecule has 0 aliphatic heterocycles. The molecule has 0 bridgehead atoms. The number of terminal acetylenes is 1. The van der Waals surface area contributed by atoms with Crippen LogP contribution in [-0.4, -0.2) is 12.3 Å². The van der Waals surface area contributed by atoms with E-state index in [1.54, 1.807) is 18.2 Å². The molecule has 2 aromatic rings. The first-order valence-corrected chi connectivity index (χ1v) is 7.98. The van der Waals surface area contributed by atoms with Gasteiger partial charge in [-0.3, -0.25) is 4.79 Å². The summed E-state index contributed by atoms with van der Waals surface area (Å²) in [6.45, 7) is 0.375. The topological polar surface area (TPSA) is 76.4 Å². The van der Waals surface area contributed by atoms with E-state index in [0.29, 0.717) is 30.0 Å². The van der Waals surface area contributed by atoms with Crippen LogP contribution in [0.2, 0.25) is 0 Å². The van der Waals surface area contributed by atoms with E-state index >= 15 is 0 Å². The maximum atomic E-state index is 12.1. The fourth-order valence-electron chi connectivity index (χ4n) is 2.20. The molecule has 142 valence electrons. The van der Waals surface area contributed by atoms with Gasteiger partial charge in [-0.25, -0.2) is 0 Å². The molecular weight excluding hydrogens is 359 g/mol. The Bertz CT molecular complexity index is 828. The molecule has 0 aliphatic rings. The quantitative estimate of drug-likeness (QED) is 0.501. The Kier molecular flexibility index (Phi) is 6.55. The van der Waals surface area contributed by atoms with Gasteiger partial charge in [0.1, 0.15) is 5.75 Å². The molecular formula is C19H18F3N3O2. The Morgan fingerprint density at radius 2 is 1.89 bits per heavy atom.